The molecule has 0 bridgehead atoms. The number of nitrogens with one attached hydrogen (secondary N) is 2. The van der Waals surface area contributed by atoms with Crippen LogP contribution in [0, 0.1) is 23.7 Å². The monoisotopic (exact) mass is 443 g/mol. The first-order chi connectivity index (χ1) is 16.2. The lowest BCUT2D eigenvalue weighted by Gasteiger charge is -2.31. The minimum Gasteiger partial charge on any atom is -0.372 e. The number of aromatic amines is 1. The molecular weight excluding hydrogens is 416 g/mol. The van der Waals surface area contributed by atoms with Gasteiger partial charge < -0.3 is 15.1 Å². The topological polar surface area (TPSA) is 114 Å². The van der Waals surface area contributed by atoms with E-state index in [4.69, 9.17) is 10.2 Å². The van der Waals surface area contributed by atoms with Gasteiger partial charge in [0.1, 0.15) is 16.7 Å². The van der Waals surface area contributed by atoms with E-state index < -0.39 is 0 Å². The Hall–Kier alpha value is -3.67. The molecule has 2 aromatic heterocycles. The zero-order valence-electron chi connectivity index (χ0n) is 18.5. The largest absolute Gasteiger partial charge is 0.372 e. The van der Waals surface area contributed by atoms with Gasteiger partial charge >= 0.3 is 0 Å². The number of benzene rings is 1. The molecule has 1 aromatic carbocycles. The van der Waals surface area contributed by atoms with Crippen molar-refractivity contribution in [2.75, 3.05) is 41.3 Å². The molecule has 0 spiro atoms. The Morgan fingerprint density at radius 3 is 2.55 bits per heavy atom. The third-order valence-electron chi connectivity index (χ3n) is 6.48. The summed E-state index contributed by atoms with van der Waals surface area (Å²) in [5, 5.41) is 19.1. The molecule has 5 rings (SSSR count). The van der Waals surface area contributed by atoms with Gasteiger partial charge in [0.05, 0.1) is 12.3 Å². The maximum Gasteiger partial charge on any atom is 0.277 e. The summed E-state index contributed by atoms with van der Waals surface area (Å²) in [4.78, 5) is 26.4. The molecule has 9 heteroatoms. The Balaban J connectivity index is 1.42. The molecule has 2 aliphatic rings. The van der Waals surface area contributed by atoms with Crippen molar-refractivity contribution in [2.45, 2.75) is 32.1 Å². The Labute approximate surface area is 192 Å². The predicted molar refractivity (Wildman–Crippen MR) is 129 cm³/mol. The third-order valence-corrected chi connectivity index (χ3v) is 6.48. The number of rotatable bonds is 5. The number of hydrogen-bond acceptors (Lipinski definition) is 8. The quantitative estimate of drug-likeness (QED) is 0.617. The van der Waals surface area contributed by atoms with Crippen LogP contribution in [0.3, 0.4) is 0 Å². The van der Waals surface area contributed by atoms with Gasteiger partial charge in [-0.1, -0.05) is 0 Å². The van der Waals surface area contributed by atoms with Crippen molar-refractivity contribution >= 4 is 34.0 Å². The normalized spacial score (nSPS) is 17.2. The number of anilines is 4. The van der Waals surface area contributed by atoms with E-state index in [1.54, 1.807) is 6.20 Å². The lowest BCUT2D eigenvalue weighted by Crippen LogP contribution is -2.35. The molecule has 1 radical (unpaired) electrons. The van der Waals surface area contributed by atoms with Gasteiger partial charge in [-0.2, -0.15) is 15.3 Å². The number of H-pyrrole nitrogens is 1. The van der Waals surface area contributed by atoms with Crippen LogP contribution >= 0.6 is 0 Å². The lowest BCUT2D eigenvalue weighted by atomic mass is 9.94. The van der Waals surface area contributed by atoms with Gasteiger partial charge in [0, 0.05) is 44.0 Å². The summed E-state index contributed by atoms with van der Waals surface area (Å²) < 4.78 is 0. The first-order valence-electron chi connectivity index (χ1n) is 11.5. The van der Waals surface area contributed by atoms with Crippen LogP contribution in [0.1, 0.15) is 32.1 Å². The standard InChI is InChI=1S/C24H27N8O/c25-11-8-17-9-14-32(15-10-17)24-28-20-16-26-30-23(33)21(20)22(29-24)27-18-4-6-19(7-5-18)31-12-2-1-3-13-31/h1,4-7,16-17H,2-3,8-10,12-15H2,(H,30,33)(H,27,28,29). The van der Waals surface area contributed by atoms with Crippen LogP contribution in [0.15, 0.2) is 35.3 Å². The zero-order chi connectivity index (χ0) is 22.6. The molecule has 2 fully saturated rings. The van der Waals surface area contributed by atoms with Crippen molar-refractivity contribution in [3.05, 3.63) is 47.2 Å². The fourth-order valence-corrected chi connectivity index (χ4v) is 4.59. The minimum absolute atomic E-state index is 0.324. The number of hydrogen-bond donors (Lipinski definition) is 2. The molecule has 2 N–H and O–H groups in total. The van der Waals surface area contributed by atoms with E-state index in [1.807, 2.05) is 12.1 Å². The van der Waals surface area contributed by atoms with E-state index in [2.05, 4.69) is 54.9 Å². The molecule has 9 nitrogen and oxygen atoms in total. The zero-order valence-corrected chi connectivity index (χ0v) is 18.5. The van der Waals surface area contributed by atoms with Crippen molar-refractivity contribution in [3.63, 3.8) is 0 Å². The van der Waals surface area contributed by atoms with Crippen LogP contribution in [-0.2, 0) is 0 Å². The molecule has 2 saturated heterocycles. The van der Waals surface area contributed by atoms with Crippen molar-refractivity contribution < 1.29 is 0 Å². The van der Waals surface area contributed by atoms with Crippen molar-refractivity contribution in [1.82, 2.24) is 20.2 Å². The summed E-state index contributed by atoms with van der Waals surface area (Å²) in [6.45, 7) is 3.66. The summed E-state index contributed by atoms with van der Waals surface area (Å²) in [6, 6.07) is 10.5. The fourth-order valence-electron chi connectivity index (χ4n) is 4.59. The highest BCUT2D eigenvalue weighted by Gasteiger charge is 2.23. The average Bonchev–Trinajstić information content (AvgIpc) is 2.86. The lowest BCUT2D eigenvalue weighted by molar-refractivity contribution is 0.409. The Morgan fingerprint density at radius 1 is 1.06 bits per heavy atom. The molecule has 0 unspecified atom stereocenters. The smallest absolute Gasteiger partial charge is 0.277 e. The van der Waals surface area contributed by atoms with E-state index in [9.17, 15) is 4.79 Å². The minimum atomic E-state index is -0.324. The SMILES string of the molecule is N#CCC1CCN(c2nc(Nc3ccc(N4CC[CH]CC4)cc3)c3c(=O)[nH]ncc3n2)CC1. The van der Waals surface area contributed by atoms with Crippen LogP contribution in [-0.4, -0.2) is 46.3 Å². The summed E-state index contributed by atoms with van der Waals surface area (Å²) >= 11 is 0. The van der Waals surface area contributed by atoms with E-state index in [0.717, 1.165) is 57.5 Å². The van der Waals surface area contributed by atoms with Crippen molar-refractivity contribution in [2.24, 2.45) is 5.92 Å². The molecule has 2 aliphatic heterocycles. The molecule has 3 aromatic rings. The second-order valence-electron chi connectivity index (χ2n) is 8.65. The van der Waals surface area contributed by atoms with E-state index >= 15 is 0 Å². The molecule has 0 atom stereocenters. The summed E-state index contributed by atoms with van der Waals surface area (Å²) in [5.74, 6) is 1.47. The second-order valence-corrected chi connectivity index (χ2v) is 8.65. The maximum atomic E-state index is 12.6. The van der Waals surface area contributed by atoms with Gasteiger partial charge in [-0.15, -0.1) is 0 Å². The number of nitrogens with zero attached hydrogens (tertiary/aromatic N) is 6. The first-order valence-corrected chi connectivity index (χ1v) is 11.5. The molecule has 33 heavy (non-hydrogen) atoms. The highest BCUT2D eigenvalue weighted by atomic mass is 16.1. The van der Waals surface area contributed by atoms with Crippen molar-refractivity contribution in [1.29, 1.82) is 5.26 Å². The van der Waals surface area contributed by atoms with Crippen molar-refractivity contribution in [3.8, 4) is 6.07 Å². The van der Waals surface area contributed by atoms with Crippen LogP contribution in [0.5, 0.6) is 0 Å². The maximum absolute atomic E-state index is 12.6. The number of nitriles is 1. The highest BCUT2D eigenvalue weighted by molar-refractivity contribution is 5.90. The fraction of sp³-hybridized carbons (Fsp3) is 0.417. The Kier molecular flexibility index (Phi) is 6.07. The van der Waals surface area contributed by atoms with E-state index in [1.165, 1.54) is 5.69 Å². The molecule has 0 aliphatic carbocycles. The first kappa shape index (κ1) is 21.2. The van der Waals surface area contributed by atoms with Crippen LogP contribution in [0.25, 0.3) is 10.9 Å². The molecule has 0 amide bonds. The predicted octanol–water partition coefficient (Wildman–Crippen LogP) is 3.39. The van der Waals surface area contributed by atoms with E-state index in [0.29, 0.717) is 35.0 Å². The van der Waals surface area contributed by atoms with Gasteiger partial charge in [-0.05, 0) is 62.3 Å². The molecular formula is C24H27N8O. The second kappa shape index (κ2) is 9.45. The van der Waals surface area contributed by atoms with Crippen LogP contribution < -0.4 is 20.7 Å². The summed E-state index contributed by atoms with van der Waals surface area (Å²) in [6.07, 6.45) is 8.57. The summed E-state index contributed by atoms with van der Waals surface area (Å²) in [5.41, 5.74) is 2.24. The van der Waals surface area contributed by atoms with Crippen LogP contribution in [0.2, 0.25) is 0 Å². The summed E-state index contributed by atoms with van der Waals surface area (Å²) in [7, 11) is 0. The van der Waals surface area contributed by atoms with Gasteiger partial charge in [0.25, 0.3) is 5.56 Å². The van der Waals surface area contributed by atoms with Gasteiger partial charge in [-0.3, -0.25) is 4.79 Å². The molecule has 0 saturated carbocycles. The number of piperidine rings is 2. The number of aromatic nitrogens is 4. The van der Waals surface area contributed by atoms with Crippen LogP contribution in [0.4, 0.5) is 23.1 Å². The van der Waals surface area contributed by atoms with E-state index in [-0.39, 0.29) is 5.56 Å². The Morgan fingerprint density at radius 2 is 1.82 bits per heavy atom. The van der Waals surface area contributed by atoms with Gasteiger partial charge in [0.2, 0.25) is 5.95 Å². The average molecular weight is 444 g/mol. The third kappa shape index (κ3) is 4.60. The highest BCUT2D eigenvalue weighted by Crippen LogP contribution is 2.28. The Bertz CT molecular complexity index is 1200. The molecule has 4 heterocycles. The van der Waals surface area contributed by atoms with Gasteiger partial charge in [0.15, 0.2) is 0 Å². The van der Waals surface area contributed by atoms with Gasteiger partial charge in [-0.25, -0.2) is 10.1 Å². The molecule has 169 valence electrons. The number of fused-ring (bicyclic) bond motifs is 1.